The van der Waals surface area contributed by atoms with Crippen LogP contribution < -0.4 is 4.74 Å². The third kappa shape index (κ3) is 2.18. The predicted octanol–water partition coefficient (Wildman–Crippen LogP) is 1.94. The number of methoxy groups -OCH3 is 1. The van der Waals surface area contributed by atoms with Gasteiger partial charge in [0.15, 0.2) is 11.5 Å². The SMILES string of the molecule is COc1cccc2nc(C3CCN(C(C)C)C3)nn12. The molecule has 1 saturated heterocycles. The zero-order valence-corrected chi connectivity index (χ0v) is 11.7. The van der Waals surface area contributed by atoms with Crippen LogP contribution in [0.3, 0.4) is 0 Å². The first kappa shape index (κ1) is 12.4. The van der Waals surface area contributed by atoms with E-state index in [0.29, 0.717) is 12.0 Å². The van der Waals surface area contributed by atoms with Crippen LogP contribution in [-0.2, 0) is 0 Å². The van der Waals surface area contributed by atoms with Crippen LogP contribution in [0.15, 0.2) is 18.2 Å². The van der Waals surface area contributed by atoms with Crippen LogP contribution in [0.5, 0.6) is 5.88 Å². The Hall–Kier alpha value is -1.62. The van der Waals surface area contributed by atoms with E-state index in [1.54, 1.807) is 11.6 Å². The largest absolute Gasteiger partial charge is 0.481 e. The van der Waals surface area contributed by atoms with Crippen molar-refractivity contribution in [3.8, 4) is 5.88 Å². The Morgan fingerprint density at radius 3 is 2.89 bits per heavy atom. The topological polar surface area (TPSA) is 42.7 Å². The fraction of sp³-hybridized carbons (Fsp3) is 0.571. The molecule has 0 radical (unpaired) electrons. The van der Waals surface area contributed by atoms with Crippen molar-refractivity contribution in [1.82, 2.24) is 19.5 Å². The summed E-state index contributed by atoms with van der Waals surface area (Å²) in [6, 6.07) is 6.41. The van der Waals surface area contributed by atoms with E-state index in [1.165, 1.54) is 0 Å². The normalized spacial score (nSPS) is 20.5. The van der Waals surface area contributed by atoms with Gasteiger partial charge in [0.2, 0.25) is 5.88 Å². The minimum Gasteiger partial charge on any atom is -0.481 e. The lowest BCUT2D eigenvalue weighted by molar-refractivity contribution is 0.272. The second-order valence-corrected chi connectivity index (χ2v) is 5.38. The zero-order valence-electron chi connectivity index (χ0n) is 11.7. The van der Waals surface area contributed by atoms with E-state index in [2.05, 4.69) is 28.8 Å². The van der Waals surface area contributed by atoms with Crippen LogP contribution in [0.2, 0.25) is 0 Å². The molecule has 5 heteroatoms. The molecule has 19 heavy (non-hydrogen) atoms. The van der Waals surface area contributed by atoms with Gasteiger partial charge in [-0.2, -0.15) is 4.52 Å². The Bertz CT molecular complexity index is 578. The van der Waals surface area contributed by atoms with Gasteiger partial charge in [-0.05, 0) is 32.9 Å². The number of hydrogen-bond acceptors (Lipinski definition) is 4. The zero-order chi connectivity index (χ0) is 13.4. The molecule has 0 spiro atoms. The van der Waals surface area contributed by atoms with E-state index in [9.17, 15) is 0 Å². The quantitative estimate of drug-likeness (QED) is 0.846. The van der Waals surface area contributed by atoms with Gasteiger partial charge >= 0.3 is 0 Å². The molecule has 3 rings (SSSR count). The van der Waals surface area contributed by atoms with Gasteiger partial charge in [-0.25, -0.2) is 4.98 Å². The van der Waals surface area contributed by atoms with E-state index in [0.717, 1.165) is 36.9 Å². The number of likely N-dealkylation sites (tertiary alicyclic amines) is 1. The maximum Gasteiger partial charge on any atom is 0.216 e. The first-order chi connectivity index (χ1) is 9.19. The number of nitrogens with zero attached hydrogens (tertiary/aromatic N) is 4. The van der Waals surface area contributed by atoms with E-state index < -0.39 is 0 Å². The highest BCUT2D eigenvalue weighted by Crippen LogP contribution is 2.27. The molecule has 1 atom stereocenters. The third-order valence-electron chi connectivity index (χ3n) is 3.87. The lowest BCUT2D eigenvalue weighted by Gasteiger charge is -2.19. The molecule has 0 aromatic carbocycles. The van der Waals surface area contributed by atoms with E-state index in [4.69, 9.17) is 4.74 Å². The fourth-order valence-corrected chi connectivity index (χ4v) is 2.69. The van der Waals surface area contributed by atoms with Gasteiger partial charge in [-0.1, -0.05) is 6.07 Å². The highest BCUT2D eigenvalue weighted by atomic mass is 16.5. The molecule has 0 saturated carbocycles. The highest BCUT2D eigenvalue weighted by molar-refractivity contribution is 5.41. The third-order valence-corrected chi connectivity index (χ3v) is 3.87. The van der Waals surface area contributed by atoms with Gasteiger partial charge in [0.25, 0.3) is 0 Å². The minimum absolute atomic E-state index is 0.437. The molecule has 1 unspecified atom stereocenters. The van der Waals surface area contributed by atoms with Gasteiger partial charge in [0, 0.05) is 24.6 Å². The number of ether oxygens (including phenoxy) is 1. The molecular formula is C14H20N4O. The smallest absolute Gasteiger partial charge is 0.216 e. The average Bonchev–Trinajstić information content (AvgIpc) is 3.04. The van der Waals surface area contributed by atoms with Gasteiger partial charge < -0.3 is 9.64 Å². The molecule has 0 bridgehead atoms. The number of rotatable bonds is 3. The summed E-state index contributed by atoms with van der Waals surface area (Å²) in [5, 5.41) is 4.61. The van der Waals surface area contributed by atoms with E-state index in [-0.39, 0.29) is 0 Å². The molecular weight excluding hydrogens is 240 g/mol. The minimum atomic E-state index is 0.437. The molecule has 0 aliphatic carbocycles. The standard InChI is InChI=1S/C14H20N4O/c1-10(2)17-8-7-11(9-17)14-15-12-5-4-6-13(19-3)18(12)16-14/h4-6,10-11H,7-9H2,1-3H3. The molecule has 1 aliphatic rings. The summed E-state index contributed by atoms with van der Waals surface area (Å²) in [7, 11) is 1.66. The lowest BCUT2D eigenvalue weighted by Crippen LogP contribution is -2.28. The van der Waals surface area contributed by atoms with Crippen LogP contribution in [0.25, 0.3) is 5.65 Å². The van der Waals surface area contributed by atoms with Gasteiger partial charge in [0.1, 0.15) is 0 Å². The monoisotopic (exact) mass is 260 g/mol. The van der Waals surface area contributed by atoms with Crippen molar-refractivity contribution in [3.63, 3.8) is 0 Å². The first-order valence-corrected chi connectivity index (χ1v) is 6.82. The molecule has 1 aliphatic heterocycles. The van der Waals surface area contributed by atoms with Crippen LogP contribution in [-0.4, -0.2) is 45.7 Å². The van der Waals surface area contributed by atoms with Crippen molar-refractivity contribution in [3.05, 3.63) is 24.0 Å². The molecule has 2 aromatic heterocycles. The number of hydrogen-bond donors (Lipinski definition) is 0. The maximum absolute atomic E-state index is 5.31. The Morgan fingerprint density at radius 1 is 1.37 bits per heavy atom. The molecule has 5 nitrogen and oxygen atoms in total. The fourth-order valence-electron chi connectivity index (χ4n) is 2.69. The molecule has 3 heterocycles. The van der Waals surface area contributed by atoms with E-state index in [1.807, 2.05) is 18.2 Å². The number of aromatic nitrogens is 3. The Kier molecular flexibility index (Phi) is 3.14. The summed E-state index contributed by atoms with van der Waals surface area (Å²) < 4.78 is 7.10. The van der Waals surface area contributed by atoms with Gasteiger partial charge in [-0.3, -0.25) is 0 Å². The van der Waals surface area contributed by atoms with E-state index >= 15 is 0 Å². The van der Waals surface area contributed by atoms with Crippen molar-refractivity contribution >= 4 is 5.65 Å². The highest BCUT2D eigenvalue weighted by Gasteiger charge is 2.28. The number of fused-ring (bicyclic) bond motifs is 1. The summed E-state index contributed by atoms with van der Waals surface area (Å²) in [5.74, 6) is 2.11. The Morgan fingerprint density at radius 2 is 2.21 bits per heavy atom. The van der Waals surface area contributed by atoms with Crippen LogP contribution in [0.1, 0.15) is 32.0 Å². The summed E-state index contributed by atoms with van der Waals surface area (Å²) in [4.78, 5) is 7.12. The summed E-state index contributed by atoms with van der Waals surface area (Å²) >= 11 is 0. The molecule has 1 fully saturated rings. The molecule has 2 aromatic rings. The second-order valence-electron chi connectivity index (χ2n) is 5.38. The van der Waals surface area contributed by atoms with Gasteiger partial charge in [0.05, 0.1) is 7.11 Å². The van der Waals surface area contributed by atoms with Crippen LogP contribution in [0.4, 0.5) is 0 Å². The molecule has 0 amide bonds. The Balaban J connectivity index is 1.90. The molecule has 0 N–H and O–H groups in total. The summed E-state index contributed by atoms with van der Waals surface area (Å²) in [6.07, 6.45) is 1.14. The van der Waals surface area contributed by atoms with Crippen molar-refractivity contribution < 1.29 is 4.74 Å². The average molecular weight is 260 g/mol. The molecule has 102 valence electrons. The van der Waals surface area contributed by atoms with Gasteiger partial charge in [-0.15, -0.1) is 5.10 Å². The van der Waals surface area contributed by atoms with Crippen molar-refractivity contribution in [1.29, 1.82) is 0 Å². The summed E-state index contributed by atoms with van der Waals surface area (Å²) in [6.45, 7) is 6.66. The van der Waals surface area contributed by atoms with Crippen LogP contribution >= 0.6 is 0 Å². The van der Waals surface area contributed by atoms with Crippen molar-refractivity contribution in [2.45, 2.75) is 32.2 Å². The first-order valence-electron chi connectivity index (χ1n) is 6.82. The van der Waals surface area contributed by atoms with Crippen LogP contribution in [0, 0.1) is 0 Å². The second kappa shape index (κ2) is 4.81. The Labute approximate surface area is 113 Å². The lowest BCUT2D eigenvalue weighted by atomic mass is 10.1. The predicted molar refractivity (Wildman–Crippen MR) is 73.6 cm³/mol. The summed E-state index contributed by atoms with van der Waals surface area (Å²) in [5.41, 5.74) is 0.859. The maximum atomic E-state index is 5.31. The number of pyridine rings is 1. The van der Waals surface area contributed by atoms with Crippen molar-refractivity contribution in [2.24, 2.45) is 0 Å². The van der Waals surface area contributed by atoms with Crippen molar-refractivity contribution in [2.75, 3.05) is 20.2 Å².